The molecule has 0 aliphatic carbocycles. The van der Waals surface area contributed by atoms with Crippen molar-refractivity contribution >= 4 is 15.8 Å². The van der Waals surface area contributed by atoms with Crippen molar-refractivity contribution in [2.24, 2.45) is 0 Å². The molecule has 0 spiro atoms. The highest BCUT2D eigenvalue weighted by molar-refractivity contribution is 7.90. The smallest absolute Gasteiger partial charge is 0.339 e. The van der Waals surface area contributed by atoms with Crippen LogP contribution in [0.4, 0.5) is 8.78 Å². The molecule has 19 heavy (non-hydrogen) atoms. The van der Waals surface area contributed by atoms with Crippen molar-refractivity contribution in [2.45, 2.75) is 17.9 Å². The fourth-order valence-electron chi connectivity index (χ4n) is 1.35. The maximum Gasteiger partial charge on any atom is 0.339 e. The van der Waals surface area contributed by atoms with Crippen molar-refractivity contribution in [1.82, 2.24) is 0 Å². The molecule has 0 fully saturated rings. The second-order valence-electron chi connectivity index (χ2n) is 3.74. The number of rotatable bonds is 4. The van der Waals surface area contributed by atoms with Gasteiger partial charge in [0.2, 0.25) is 0 Å². The van der Waals surface area contributed by atoms with Gasteiger partial charge < -0.3 is 9.84 Å². The van der Waals surface area contributed by atoms with E-state index in [9.17, 15) is 27.1 Å². The average Bonchev–Trinajstić information content (AvgIpc) is 2.30. The Labute approximate surface area is 108 Å². The summed E-state index contributed by atoms with van der Waals surface area (Å²) in [6, 6.07) is 1.18. The summed E-state index contributed by atoms with van der Waals surface area (Å²) in [4.78, 5) is 10.7. The topological polar surface area (TPSA) is 80.7 Å². The zero-order chi connectivity index (χ0) is 14.8. The Bertz CT molecular complexity index is 597. The van der Waals surface area contributed by atoms with Gasteiger partial charge >= 0.3 is 5.97 Å². The van der Waals surface area contributed by atoms with Crippen LogP contribution in [0.1, 0.15) is 18.6 Å². The van der Waals surface area contributed by atoms with Gasteiger partial charge in [-0.25, -0.2) is 22.0 Å². The molecule has 0 saturated heterocycles. The maximum atomic E-state index is 13.5. The van der Waals surface area contributed by atoms with E-state index < -0.39 is 44.0 Å². The van der Waals surface area contributed by atoms with E-state index in [1.54, 1.807) is 0 Å². The molecule has 0 aromatic heterocycles. The van der Waals surface area contributed by atoms with Gasteiger partial charge in [0.1, 0.15) is 0 Å². The van der Waals surface area contributed by atoms with Gasteiger partial charge in [0.15, 0.2) is 27.6 Å². The number of carbonyl (C=O) groups excluding carboxylic acids is 1. The molecule has 1 N–H and O–H groups in total. The van der Waals surface area contributed by atoms with Gasteiger partial charge in [0, 0.05) is 11.8 Å². The molecule has 0 aliphatic rings. The minimum atomic E-state index is -3.81. The molecule has 0 saturated carbocycles. The Kier molecular flexibility index (Phi) is 4.59. The summed E-state index contributed by atoms with van der Waals surface area (Å²) in [6.07, 6.45) is -1.30. The number of sulfone groups is 1. The van der Waals surface area contributed by atoms with Crippen LogP contribution in [0, 0.1) is 11.6 Å². The third kappa shape index (κ3) is 3.48. The molecule has 1 unspecified atom stereocenters. The minimum Gasteiger partial charge on any atom is -0.464 e. The van der Waals surface area contributed by atoms with Gasteiger partial charge in [-0.3, -0.25) is 0 Å². The van der Waals surface area contributed by atoms with Gasteiger partial charge in [-0.2, -0.15) is 0 Å². The molecule has 8 heteroatoms. The molecule has 0 amide bonds. The fourth-order valence-corrected chi connectivity index (χ4v) is 2.00. The van der Waals surface area contributed by atoms with Gasteiger partial charge in [-0.15, -0.1) is 0 Å². The quantitative estimate of drug-likeness (QED) is 0.661. The lowest BCUT2D eigenvalue weighted by atomic mass is 10.1. The second kappa shape index (κ2) is 5.62. The van der Waals surface area contributed by atoms with Crippen molar-refractivity contribution < 1.29 is 31.8 Å². The van der Waals surface area contributed by atoms with Crippen LogP contribution in [0.3, 0.4) is 0 Å². The number of esters is 1. The number of aliphatic hydroxyl groups is 1. The maximum absolute atomic E-state index is 13.5. The van der Waals surface area contributed by atoms with Crippen LogP contribution in [-0.2, 0) is 19.4 Å². The van der Waals surface area contributed by atoms with Gasteiger partial charge in [-0.1, -0.05) is 0 Å². The summed E-state index contributed by atoms with van der Waals surface area (Å²) in [5.74, 6) is -4.15. The number of carbonyl (C=O) groups is 1. The first-order valence-electron chi connectivity index (χ1n) is 5.22. The molecule has 1 aromatic carbocycles. The van der Waals surface area contributed by atoms with E-state index in [0.717, 1.165) is 6.26 Å². The number of ether oxygens (including phenoxy) is 1. The molecule has 1 atom stereocenters. The van der Waals surface area contributed by atoms with Crippen LogP contribution >= 0.6 is 0 Å². The molecule has 5 nitrogen and oxygen atoms in total. The third-order valence-corrected chi connectivity index (χ3v) is 3.35. The third-order valence-electron chi connectivity index (χ3n) is 2.26. The van der Waals surface area contributed by atoms with Crippen LogP contribution in [-0.4, -0.2) is 32.4 Å². The van der Waals surface area contributed by atoms with Crippen LogP contribution in [0.15, 0.2) is 17.0 Å². The molecular formula is C11H12F2O5S. The lowest BCUT2D eigenvalue weighted by molar-refractivity contribution is -0.153. The molecule has 1 aromatic rings. The number of benzene rings is 1. The van der Waals surface area contributed by atoms with E-state index in [1.165, 1.54) is 6.92 Å². The van der Waals surface area contributed by atoms with Crippen LogP contribution in [0.5, 0.6) is 0 Å². The minimum absolute atomic E-state index is 0.0637. The Morgan fingerprint density at radius 3 is 2.47 bits per heavy atom. The van der Waals surface area contributed by atoms with Gasteiger partial charge in [0.05, 0.1) is 11.5 Å². The summed E-state index contributed by atoms with van der Waals surface area (Å²) >= 11 is 0. The van der Waals surface area contributed by atoms with E-state index in [-0.39, 0.29) is 6.61 Å². The fraction of sp³-hybridized carbons (Fsp3) is 0.364. The summed E-state index contributed by atoms with van der Waals surface area (Å²) in [5, 5.41) is 9.54. The van der Waals surface area contributed by atoms with Crippen LogP contribution in [0.25, 0.3) is 0 Å². The first-order chi connectivity index (χ1) is 8.68. The molecule has 0 bridgehead atoms. The summed E-state index contributed by atoms with van der Waals surface area (Å²) < 4.78 is 53.8. The zero-order valence-electron chi connectivity index (χ0n) is 10.2. The van der Waals surface area contributed by atoms with E-state index in [2.05, 4.69) is 4.74 Å². The molecule has 0 aliphatic heterocycles. The van der Waals surface area contributed by atoms with E-state index >= 15 is 0 Å². The monoisotopic (exact) mass is 294 g/mol. The highest BCUT2D eigenvalue weighted by Gasteiger charge is 2.26. The van der Waals surface area contributed by atoms with Crippen molar-refractivity contribution in [2.75, 3.05) is 12.9 Å². The van der Waals surface area contributed by atoms with E-state index in [0.29, 0.717) is 12.1 Å². The number of aliphatic hydroxyl groups excluding tert-OH is 1. The molecular weight excluding hydrogens is 282 g/mol. The summed E-state index contributed by atoms with van der Waals surface area (Å²) in [5.41, 5.74) is -0.779. The average molecular weight is 294 g/mol. The van der Waals surface area contributed by atoms with Crippen LogP contribution < -0.4 is 0 Å². The normalized spacial score (nSPS) is 13.1. The van der Waals surface area contributed by atoms with Crippen molar-refractivity contribution in [3.05, 3.63) is 29.3 Å². The molecule has 1 rings (SSSR count). The summed E-state index contributed by atoms with van der Waals surface area (Å²) in [6.45, 7) is 1.40. The Morgan fingerprint density at radius 2 is 2.00 bits per heavy atom. The molecule has 0 heterocycles. The zero-order valence-corrected chi connectivity index (χ0v) is 11.0. The first-order valence-corrected chi connectivity index (χ1v) is 7.11. The largest absolute Gasteiger partial charge is 0.464 e. The first kappa shape index (κ1) is 15.5. The predicted octanol–water partition coefficient (Wildman–Crippen LogP) is 0.965. The highest BCUT2D eigenvalue weighted by atomic mass is 32.2. The second-order valence-corrected chi connectivity index (χ2v) is 5.75. The summed E-state index contributed by atoms with van der Waals surface area (Å²) in [7, 11) is -3.81. The standard InChI is InChI=1S/C11H12F2O5S/c1-3-18-11(15)10(14)7-4-6(19(2,16)17)5-8(12)9(7)13/h4-5,10,14H,3H2,1-2H3. The van der Waals surface area contributed by atoms with Crippen molar-refractivity contribution in [1.29, 1.82) is 0 Å². The molecule has 106 valence electrons. The lowest BCUT2D eigenvalue weighted by Crippen LogP contribution is -2.18. The number of hydrogen-bond acceptors (Lipinski definition) is 5. The highest BCUT2D eigenvalue weighted by Crippen LogP contribution is 2.24. The van der Waals surface area contributed by atoms with E-state index in [1.807, 2.05) is 0 Å². The van der Waals surface area contributed by atoms with Crippen LogP contribution in [0.2, 0.25) is 0 Å². The Balaban J connectivity index is 3.35. The number of hydrogen-bond donors (Lipinski definition) is 1. The predicted molar refractivity (Wildman–Crippen MR) is 61.1 cm³/mol. The Morgan fingerprint density at radius 1 is 1.42 bits per heavy atom. The number of halogens is 2. The lowest BCUT2D eigenvalue weighted by Gasteiger charge is -2.12. The van der Waals surface area contributed by atoms with E-state index in [4.69, 9.17) is 0 Å². The Hall–Kier alpha value is -1.54. The molecule has 0 radical (unpaired) electrons. The van der Waals surface area contributed by atoms with Crippen molar-refractivity contribution in [3.63, 3.8) is 0 Å². The van der Waals surface area contributed by atoms with Gasteiger partial charge in [-0.05, 0) is 19.1 Å². The van der Waals surface area contributed by atoms with Gasteiger partial charge in [0.25, 0.3) is 0 Å². The van der Waals surface area contributed by atoms with Crippen molar-refractivity contribution in [3.8, 4) is 0 Å². The SMILES string of the molecule is CCOC(=O)C(O)c1cc(S(C)(=O)=O)cc(F)c1F.